The summed E-state index contributed by atoms with van der Waals surface area (Å²) in [6.07, 6.45) is 0. The van der Waals surface area contributed by atoms with Gasteiger partial charge in [0.15, 0.2) is 17.5 Å². The number of nitrogens with zero attached hydrogens (tertiary/aromatic N) is 4. The average molecular weight is 731 g/mol. The molecule has 0 aliphatic heterocycles. The highest BCUT2D eigenvalue weighted by Gasteiger charge is 2.21. The predicted octanol–water partition coefficient (Wildman–Crippen LogP) is 13.4. The maximum atomic E-state index is 6.65. The van der Waals surface area contributed by atoms with Crippen LogP contribution in [-0.4, -0.2) is 19.5 Å². The second kappa shape index (κ2) is 12.3. The minimum absolute atomic E-state index is 0.553. The Morgan fingerprint density at radius 2 is 0.895 bits per heavy atom. The van der Waals surface area contributed by atoms with Crippen molar-refractivity contribution in [2.45, 2.75) is 0 Å². The van der Waals surface area contributed by atoms with E-state index in [4.69, 9.17) is 23.8 Å². The highest BCUT2D eigenvalue weighted by Crippen LogP contribution is 2.42. The first-order chi connectivity index (χ1) is 28.2. The van der Waals surface area contributed by atoms with Gasteiger partial charge in [0.1, 0.15) is 22.3 Å². The fraction of sp³-hybridized carbons (Fsp3) is 0. The lowest BCUT2D eigenvalue weighted by atomic mass is 9.97. The summed E-state index contributed by atoms with van der Waals surface area (Å²) >= 11 is 0. The minimum atomic E-state index is 0.553. The molecule has 0 aliphatic carbocycles. The van der Waals surface area contributed by atoms with Gasteiger partial charge in [0, 0.05) is 60.8 Å². The molecule has 12 aromatic rings. The minimum Gasteiger partial charge on any atom is -0.456 e. The Morgan fingerprint density at radius 3 is 1.65 bits per heavy atom. The van der Waals surface area contributed by atoms with Crippen LogP contribution in [0.5, 0.6) is 0 Å². The van der Waals surface area contributed by atoms with Crippen molar-refractivity contribution in [2.75, 3.05) is 0 Å². The van der Waals surface area contributed by atoms with Crippen molar-refractivity contribution in [3.63, 3.8) is 0 Å². The summed E-state index contributed by atoms with van der Waals surface area (Å²) < 4.78 is 15.5. The van der Waals surface area contributed by atoms with Crippen molar-refractivity contribution >= 4 is 65.7 Å². The molecule has 4 aromatic heterocycles. The molecule has 266 valence electrons. The molecule has 0 saturated carbocycles. The SMILES string of the molecule is c1ccc(-c2nc(-c3cc(-c4ccccc4)c4c(c3)oc3ccccc34)nc(-c3cccc4oc5cc(-n6c7ccccc7c7ccccc76)ccc5c34)n2)cc1. The van der Waals surface area contributed by atoms with E-state index in [0.717, 1.165) is 88.4 Å². The Kier molecular flexibility index (Phi) is 6.83. The van der Waals surface area contributed by atoms with Gasteiger partial charge in [-0.05, 0) is 59.7 Å². The lowest BCUT2D eigenvalue weighted by Gasteiger charge is -2.11. The summed E-state index contributed by atoms with van der Waals surface area (Å²) in [7, 11) is 0. The maximum absolute atomic E-state index is 6.65. The molecule has 0 unspecified atom stereocenters. The van der Waals surface area contributed by atoms with Gasteiger partial charge in [-0.2, -0.15) is 0 Å². The first-order valence-electron chi connectivity index (χ1n) is 19.0. The van der Waals surface area contributed by atoms with Gasteiger partial charge in [-0.25, -0.2) is 15.0 Å². The van der Waals surface area contributed by atoms with Crippen LogP contribution >= 0.6 is 0 Å². The fourth-order valence-electron chi connectivity index (χ4n) is 8.51. The Bertz CT molecular complexity index is 3470. The molecule has 0 N–H and O–H groups in total. The molecular weight excluding hydrogens is 701 g/mol. The summed E-state index contributed by atoms with van der Waals surface area (Å²) in [6.45, 7) is 0. The van der Waals surface area contributed by atoms with Gasteiger partial charge in [-0.3, -0.25) is 0 Å². The molecule has 0 atom stereocenters. The van der Waals surface area contributed by atoms with Gasteiger partial charge in [-0.1, -0.05) is 127 Å². The number of hydrogen-bond acceptors (Lipinski definition) is 5. The van der Waals surface area contributed by atoms with Gasteiger partial charge >= 0.3 is 0 Å². The predicted molar refractivity (Wildman–Crippen MR) is 230 cm³/mol. The van der Waals surface area contributed by atoms with Crippen LogP contribution in [-0.2, 0) is 0 Å². The summed E-state index contributed by atoms with van der Waals surface area (Å²) in [5.74, 6) is 1.70. The van der Waals surface area contributed by atoms with Crippen LogP contribution in [0.3, 0.4) is 0 Å². The molecule has 8 aromatic carbocycles. The quantitative estimate of drug-likeness (QED) is 0.176. The van der Waals surface area contributed by atoms with E-state index in [1.54, 1.807) is 0 Å². The third-order valence-electron chi connectivity index (χ3n) is 11.0. The number of furan rings is 2. The Hall–Kier alpha value is -7.83. The van der Waals surface area contributed by atoms with Gasteiger partial charge in [-0.15, -0.1) is 0 Å². The van der Waals surface area contributed by atoms with Crippen molar-refractivity contribution in [3.8, 4) is 51.0 Å². The molecule has 0 radical (unpaired) electrons. The lowest BCUT2D eigenvalue weighted by molar-refractivity contribution is 0.668. The Labute approximate surface area is 325 Å². The van der Waals surface area contributed by atoms with Crippen molar-refractivity contribution in [1.82, 2.24) is 19.5 Å². The molecule has 0 aliphatic rings. The van der Waals surface area contributed by atoms with Crippen LogP contribution in [0.2, 0.25) is 0 Å². The number of fused-ring (bicyclic) bond motifs is 9. The van der Waals surface area contributed by atoms with Crippen molar-refractivity contribution in [2.24, 2.45) is 0 Å². The van der Waals surface area contributed by atoms with E-state index in [0.29, 0.717) is 17.5 Å². The van der Waals surface area contributed by atoms with E-state index in [1.807, 2.05) is 60.7 Å². The average Bonchev–Trinajstić information content (AvgIpc) is 3.96. The summed E-state index contributed by atoms with van der Waals surface area (Å²) in [5.41, 5.74) is 11.2. The zero-order chi connectivity index (χ0) is 37.5. The van der Waals surface area contributed by atoms with Crippen LogP contribution in [0.1, 0.15) is 0 Å². The largest absolute Gasteiger partial charge is 0.456 e. The molecule has 12 rings (SSSR count). The van der Waals surface area contributed by atoms with Crippen LogP contribution < -0.4 is 0 Å². The van der Waals surface area contributed by atoms with Crippen LogP contribution in [0.25, 0.3) is 117 Å². The topological polar surface area (TPSA) is 69.9 Å². The normalized spacial score (nSPS) is 11.9. The van der Waals surface area contributed by atoms with Crippen molar-refractivity contribution in [3.05, 3.63) is 182 Å². The van der Waals surface area contributed by atoms with Crippen LogP contribution in [0.15, 0.2) is 191 Å². The maximum Gasteiger partial charge on any atom is 0.164 e. The third-order valence-corrected chi connectivity index (χ3v) is 11.0. The molecule has 4 heterocycles. The third kappa shape index (κ3) is 4.94. The number of benzene rings is 8. The first-order valence-corrected chi connectivity index (χ1v) is 19.0. The fourth-order valence-corrected chi connectivity index (χ4v) is 8.51. The van der Waals surface area contributed by atoms with Gasteiger partial charge in [0.05, 0.1) is 11.0 Å². The lowest BCUT2D eigenvalue weighted by Crippen LogP contribution is -2.00. The Balaban J connectivity index is 1.08. The summed E-state index contributed by atoms with van der Waals surface area (Å²) in [6, 6.07) is 62.6. The second-order valence-electron chi connectivity index (χ2n) is 14.4. The monoisotopic (exact) mass is 730 g/mol. The van der Waals surface area contributed by atoms with Crippen molar-refractivity contribution in [1.29, 1.82) is 0 Å². The molecular formula is C51H30N4O2. The zero-order valence-corrected chi connectivity index (χ0v) is 30.4. The second-order valence-corrected chi connectivity index (χ2v) is 14.4. The van der Waals surface area contributed by atoms with E-state index < -0.39 is 0 Å². The van der Waals surface area contributed by atoms with Gasteiger partial charge < -0.3 is 13.4 Å². The molecule has 57 heavy (non-hydrogen) atoms. The standard InChI is InChI=1S/C51H30N4O2/c1-3-14-31(15-4-1)40-28-33(29-46-48(40)37-20-9-12-24-43(37)56-46)50-52-49(32-16-5-2-6-17-32)53-51(54-50)39-21-13-25-44-47(39)38-27-26-34(30-45(38)57-44)55-41-22-10-7-18-35(41)36-19-8-11-23-42(36)55/h1-30H. The molecule has 0 spiro atoms. The van der Waals surface area contributed by atoms with Crippen LogP contribution in [0.4, 0.5) is 0 Å². The molecule has 6 heteroatoms. The van der Waals surface area contributed by atoms with E-state index in [9.17, 15) is 0 Å². The highest BCUT2D eigenvalue weighted by atomic mass is 16.3. The number of aromatic nitrogens is 4. The number of hydrogen-bond donors (Lipinski definition) is 0. The van der Waals surface area contributed by atoms with Gasteiger partial charge in [0.25, 0.3) is 0 Å². The summed E-state index contributed by atoms with van der Waals surface area (Å²) in [4.78, 5) is 15.5. The van der Waals surface area contributed by atoms with Crippen LogP contribution in [0, 0.1) is 0 Å². The summed E-state index contributed by atoms with van der Waals surface area (Å²) in [5, 5.41) is 6.51. The molecule has 0 saturated heterocycles. The van der Waals surface area contributed by atoms with E-state index in [2.05, 4.69) is 126 Å². The number of para-hydroxylation sites is 3. The Morgan fingerprint density at radius 1 is 0.333 bits per heavy atom. The van der Waals surface area contributed by atoms with E-state index in [1.165, 1.54) is 10.8 Å². The smallest absolute Gasteiger partial charge is 0.164 e. The first kappa shape index (κ1) is 31.5. The van der Waals surface area contributed by atoms with E-state index in [-0.39, 0.29) is 0 Å². The van der Waals surface area contributed by atoms with Crippen molar-refractivity contribution < 1.29 is 8.83 Å². The highest BCUT2D eigenvalue weighted by molar-refractivity contribution is 6.15. The zero-order valence-electron chi connectivity index (χ0n) is 30.4. The van der Waals surface area contributed by atoms with Gasteiger partial charge in [0.2, 0.25) is 0 Å². The molecule has 0 amide bonds. The van der Waals surface area contributed by atoms with E-state index >= 15 is 0 Å². The molecule has 6 nitrogen and oxygen atoms in total. The molecule has 0 bridgehead atoms. The molecule has 0 fully saturated rings. The number of rotatable bonds is 5.